The zero-order chi connectivity index (χ0) is 26.9. The van der Waals surface area contributed by atoms with Gasteiger partial charge in [0.2, 0.25) is 0 Å². The minimum Gasteiger partial charge on any atom is -0.486 e. The van der Waals surface area contributed by atoms with E-state index in [0.717, 1.165) is 5.56 Å². The summed E-state index contributed by atoms with van der Waals surface area (Å²) < 4.78 is 40.2. The molecule has 0 radical (unpaired) electrons. The van der Waals surface area contributed by atoms with Crippen LogP contribution < -0.4 is 20.1 Å². The summed E-state index contributed by atoms with van der Waals surface area (Å²) >= 11 is 0. The smallest absolute Gasteiger partial charge is 0.412 e. The number of anilines is 2. The Kier molecular flexibility index (Phi) is 7.71. The van der Waals surface area contributed by atoms with Crippen LogP contribution in [0.3, 0.4) is 0 Å². The molecule has 1 heterocycles. The third-order valence-electron chi connectivity index (χ3n) is 5.82. The van der Waals surface area contributed by atoms with Crippen molar-refractivity contribution in [1.82, 2.24) is 0 Å². The van der Waals surface area contributed by atoms with Crippen molar-refractivity contribution >= 4 is 33.3 Å². The van der Waals surface area contributed by atoms with Crippen molar-refractivity contribution in [2.75, 3.05) is 22.7 Å². The van der Waals surface area contributed by atoms with Crippen LogP contribution in [0, 0.1) is 12.3 Å². The lowest BCUT2D eigenvalue weighted by Gasteiger charge is -2.38. The first kappa shape index (κ1) is 27.5. The summed E-state index contributed by atoms with van der Waals surface area (Å²) in [6.07, 6.45) is -0.972. The Morgan fingerprint density at radius 2 is 1.75 bits per heavy atom. The normalized spacial score (nSPS) is 16.1. The summed E-state index contributed by atoms with van der Waals surface area (Å²) in [6.45, 7) is 10.5. The van der Waals surface area contributed by atoms with Crippen LogP contribution in [-0.2, 0) is 19.6 Å². The Bertz CT molecular complexity index is 1230. The third-order valence-corrected chi connectivity index (χ3v) is 7.62. The molecule has 1 aliphatic rings. The number of ether oxygens (including phenoxy) is 2. The number of nitrogens with one attached hydrogen (secondary N) is 1. The van der Waals surface area contributed by atoms with E-state index < -0.39 is 33.2 Å². The number of aryl methyl sites for hydroxylation is 1. The van der Waals surface area contributed by atoms with Gasteiger partial charge in [0.05, 0.1) is 23.7 Å². The number of hydrogen-bond acceptors (Lipinski definition) is 7. The third kappa shape index (κ3) is 6.36. The summed E-state index contributed by atoms with van der Waals surface area (Å²) in [5.74, 6) is 0.189. The molecule has 36 heavy (non-hydrogen) atoms. The molecular formula is C26H35N3O6S. The average Bonchev–Trinajstić information content (AvgIpc) is 2.76. The number of carbonyl (C=O) groups is 2. The molecule has 10 heteroatoms. The zero-order valence-corrected chi connectivity index (χ0v) is 22.4. The topological polar surface area (TPSA) is 128 Å². The standard InChI is InChI=1S/C26H35N3O6S/c1-17-7-10-20(11-8-17)36(32,33)29-16-19(14-26(5,6)23(30)15-27)34-22-12-9-18(13-21(22)29)28-24(31)35-25(2,3)4/h7-13,19H,14-16,27H2,1-6H3,(H,28,31)/t19-/m0/s1. The molecule has 0 saturated heterocycles. The van der Waals surface area contributed by atoms with Gasteiger partial charge in [-0.25, -0.2) is 13.2 Å². The molecule has 1 atom stereocenters. The molecule has 1 amide bonds. The molecule has 3 N–H and O–H groups in total. The first-order chi connectivity index (χ1) is 16.6. The summed E-state index contributed by atoms with van der Waals surface area (Å²) in [6, 6.07) is 11.3. The highest BCUT2D eigenvalue weighted by Crippen LogP contribution is 2.41. The van der Waals surface area contributed by atoms with E-state index in [2.05, 4.69) is 5.32 Å². The van der Waals surface area contributed by atoms with Crippen molar-refractivity contribution < 1.29 is 27.5 Å². The molecule has 2 aromatic rings. The van der Waals surface area contributed by atoms with Crippen LogP contribution in [0.25, 0.3) is 0 Å². The molecule has 0 unspecified atom stereocenters. The van der Waals surface area contributed by atoms with Crippen LogP contribution in [0.5, 0.6) is 5.75 Å². The average molecular weight is 518 g/mol. The number of amides is 1. The summed E-state index contributed by atoms with van der Waals surface area (Å²) in [5, 5.41) is 2.64. The van der Waals surface area contributed by atoms with Gasteiger partial charge in [-0.2, -0.15) is 0 Å². The predicted octanol–water partition coefficient (Wildman–Crippen LogP) is 4.24. The fourth-order valence-electron chi connectivity index (χ4n) is 3.94. The largest absolute Gasteiger partial charge is 0.486 e. The maximum atomic E-state index is 13.8. The molecule has 2 aromatic carbocycles. The van der Waals surface area contributed by atoms with E-state index in [1.54, 1.807) is 71.0 Å². The van der Waals surface area contributed by atoms with E-state index in [0.29, 0.717) is 11.4 Å². The van der Waals surface area contributed by atoms with Crippen LogP contribution in [0.1, 0.15) is 46.6 Å². The molecule has 0 saturated carbocycles. The molecule has 3 rings (SSSR count). The second-order valence-corrected chi connectivity index (χ2v) is 12.5. The van der Waals surface area contributed by atoms with Crippen LogP contribution in [0.4, 0.5) is 16.2 Å². The number of sulfonamides is 1. The lowest BCUT2D eigenvalue weighted by atomic mass is 9.82. The monoisotopic (exact) mass is 517 g/mol. The zero-order valence-electron chi connectivity index (χ0n) is 21.6. The number of Topliss-reactive ketones (excluding diaryl/α,β-unsaturated/α-hetero) is 1. The highest BCUT2D eigenvalue weighted by molar-refractivity contribution is 7.92. The molecule has 196 valence electrons. The second-order valence-electron chi connectivity index (χ2n) is 10.6. The first-order valence-electron chi connectivity index (χ1n) is 11.8. The van der Waals surface area contributed by atoms with E-state index in [1.807, 2.05) is 6.92 Å². The van der Waals surface area contributed by atoms with Crippen molar-refractivity contribution in [3.05, 3.63) is 48.0 Å². The maximum Gasteiger partial charge on any atom is 0.412 e. The van der Waals surface area contributed by atoms with Crippen molar-refractivity contribution in [1.29, 1.82) is 0 Å². The van der Waals surface area contributed by atoms with Crippen molar-refractivity contribution in [2.45, 2.75) is 64.6 Å². The number of nitrogens with two attached hydrogens (primary N) is 1. The van der Waals surface area contributed by atoms with Gasteiger partial charge in [0.15, 0.2) is 5.78 Å². The van der Waals surface area contributed by atoms with Crippen LogP contribution in [-0.4, -0.2) is 45.1 Å². The van der Waals surface area contributed by atoms with Gasteiger partial charge in [0, 0.05) is 11.1 Å². The fraction of sp³-hybridized carbons (Fsp3) is 0.462. The fourth-order valence-corrected chi connectivity index (χ4v) is 5.44. The van der Waals surface area contributed by atoms with E-state index in [1.165, 1.54) is 10.4 Å². The predicted molar refractivity (Wildman–Crippen MR) is 139 cm³/mol. The number of benzene rings is 2. The van der Waals surface area contributed by atoms with Crippen molar-refractivity contribution in [3.63, 3.8) is 0 Å². The van der Waals surface area contributed by atoms with E-state index in [9.17, 15) is 18.0 Å². The summed E-state index contributed by atoms with van der Waals surface area (Å²) in [7, 11) is -3.98. The van der Waals surface area contributed by atoms with Gasteiger partial charge in [-0.05, 0) is 64.4 Å². The van der Waals surface area contributed by atoms with Crippen LogP contribution in [0.2, 0.25) is 0 Å². The highest BCUT2D eigenvalue weighted by Gasteiger charge is 2.39. The Balaban J connectivity index is 2.01. The van der Waals surface area contributed by atoms with E-state index >= 15 is 0 Å². The molecule has 0 aromatic heterocycles. The highest BCUT2D eigenvalue weighted by atomic mass is 32.2. The van der Waals surface area contributed by atoms with Crippen molar-refractivity contribution in [2.24, 2.45) is 11.1 Å². The summed E-state index contributed by atoms with van der Waals surface area (Å²) in [5.41, 5.74) is 5.66. The number of fused-ring (bicyclic) bond motifs is 1. The van der Waals surface area contributed by atoms with Crippen LogP contribution >= 0.6 is 0 Å². The Labute approximate surface area is 213 Å². The SMILES string of the molecule is Cc1ccc(S(=O)(=O)N2C[C@H](CC(C)(C)C(=O)CN)Oc3ccc(NC(=O)OC(C)(C)C)cc32)cc1. The quantitative estimate of drug-likeness (QED) is 0.562. The van der Waals surface area contributed by atoms with E-state index in [4.69, 9.17) is 15.2 Å². The lowest BCUT2D eigenvalue weighted by molar-refractivity contribution is -0.127. The molecular weight excluding hydrogens is 482 g/mol. The number of rotatable bonds is 7. The van der Waals surface area contributed by atoms with Gasteiger partial charge in [0.25, 0.3) is 10.0 Å². The minimum absolute atomic E-state index is 0.0135. The number of ketones is 1. The number of nitrogens with zero attached hydrogens (tertiary/aromatic N) is 1. The van der Waals surface area contributed by atoms with Crippen molar-refractivity contribution in [3.8, 4) is 5.75 Å². The molecule has 0 spiro atoms. The van der Waals surface area contributed by atoms with E-state index in [-0.39, 0.29) is 35.9 Å². The molecule has 9 nitrogen and oxygen atoms in total. The van der Waals surface area contributed by atoms with Gasteiger partial charge in [-0.3, -0.25) is 14.4 Å². The Morgan fingerprint density at radius 3 is 2.33 bits per heavy atom. The van der Waals surface area contributed by atoms with Gasteiger partial charge in [-0.15, -0.1) is 0 Å². The maximum absolute atomic E-state index is 13.8. The molecule has 0 fully saturated rings. The Hall–Kier alpha value is -3.11. The van der Waals surface area contributed by atoms with Gasteiger partial charge in [0.1, 0.15) is 17.5 Å². The van der Waals surface area contributed by atoms with Gasteiger partial charge < -0.3 is 15.2 Å². The minimum atomic E-state index is -3.98. The Morgan fingerprint density at radius 1 is 1.11 bits per heavy atom. The molecule has 0 bridgehead atoms. The second kappa shape index (κ2) is 10.1. The number of hydrogen-bond donors (Lipinski definition) is 2. The lowest BCUT2D eigenvalue weighted by Crippen LogP contribution is -2.46. The van der Waals surface area contributed by atoms with Gasteiger partial charge in [-0.1, -0.05) is 31.5 Å². The number of carbonyl (C=O) groups excluding carboxylic acids is 2. The first-order valence-corrected chi connectivity index (χ1v) is 13.2. The molecule has 1 aliphatic heterocycles. The summed E-state index contributed by atoms with van der Waals surface area (Å²) in [4.78, 5) is 24.8. The van der Waals surface area contributed by atoms with Crippen LogP contribution in [0.15, 0.2) is 47.4 Å². The molecule has 0 aliphatic carbocycles. The van der Waals surface area contributed by atoms with Gasteiger partial charge >= 0.3 is 6.09 Å².